The third-order valence-corrected chi connectivity index (χ3v) is 1.96. The van der Waals surface area contributed by atoms with E-state index in [-0.39, 0.29) is 24.5 Å². The summed E-state index contributed by atoms with van der Waals surface area (Å²) >= 11 is 0. The Morgan fingerprint density at radius 2 is 2.27 bits per heavy atom. The van der Waals surface area contributed by atoms with E-state index in [1.54, 1.807) is 6.92 Å². The number of nitrogens with two attached hydrogens (primary N) is 1. The smallest absolute Gasteiger partial charge is 0.312 e. The summed E-state index contributed by atoms with van der Waals surface area (Å²) in [6, 6.07) is 0. The summed E-state index contributed by atoms with van der Waals surface area (Å²) in [5.41, 5.74) is 5.20. The fourth-order valence-electron chi connectivity index (χ4n) is 1.22. The molecule has 0 aliphatic rings. The van der Waals surface area contributed by atoms with Crippen molar-refractivity contribution < 1.29 is 19.1 Å². The molecule has 0 aliphatic heterocycles. The zero-order chi connectivity index (χ0) is 11.4. The average Bonchev–Trinajstić information content (AvgIpc) is 2.45. The standard InChI is InChI=1S/C10H15NO4/c1-3-7-9(13)10(6(2)14-7)15-8(12)4-5-11/h13H,3-5,11H2,1-2H3. The van der Waals surface area contributed by atoms with Gasteiger partial charge in [0.05, 0.1) is 6.42 Å². The lowest BCUT2D eigenvalue weighted by Crippen LogP contribution is -2.13. The molecule has 0 saturated carbocycles. The molecular formula is C10H15NO4. The molecule has 0 amide bonds. The molecule has 0 aromatic carbocycles. The summed E-state index contributed by atoms with van der Waals surface area (Å²) in [6.45, 7) is 3.69. The SMILES string of the molecule is CCc1oc(C)c(OC(=O)CCN)c1O. The van der Waals surface area contributed by atoms with Crippen LogP contribution in [0.1, 0.15) is 24.9 Å². The lowest BCUT2D eigenvalue weighted by Gasteiger charge is -2.01. The quantitative estimate of drug-likeness (QED) is 0.732. The summed E-state index contributed by atoms with van der Waals surface area (Å²) in [5, 5.41) is 9.62. The number of hydrogen-bond donors (Lipinski definition) is 2. The minimum absolute atomic E-state index is 0.0969. The summed E-state index contributed by atoms with van der Waals surface area (Å²) in [6.07, 6.45) is 0.659. The van der Waals surface area contributed by atoms with Crippen LogP contribution >= 0.6 is 0 Å². The minimum Gasteiger partial charge on any atom is -0.502 e. The van der Waals surface area contributed by atoms with Crippen LogP contribution in [0.3, 0.4) is 0 Å². The molecule has 3 N–H and O–H groups in total. The highest BCUT2D eigenvalue weighted by Gasteiger charge is 2.19. The Kier molecular flexibility index (Phi) is 3.74. The largest absolute Gasteiger partial charge is 0.502 e. The Hall–Kier alpha value is -1.49. The number of esters is 1. The van der Waals surface area contributed by atoms with Gasteiger partial charge in [-0.1, -0.05) is 6.92 Å². The fraction of sp³-hybridized carbons (Fsp3) is 0.500. The predicted molar refractivity (Wildman–Crippen MR) is 53.8 cm³/mol. The molecule has 5 heteroatoms. The molecule has 0 radical (unpaired) electrons. The topological polar surface area (TPSA) is 85.7 Å². The average molecular weight is 213 g/mol. The Labute approximate surface area is 87.8 Å². The molecule has 1 rings (SSSR count). The van der Waals surface area contributed by atoms with Crippen molar-refractivity contribution in [1.29, 1.82) is 0 Å². The highest BCUT2D eigenvalue weighted by molar-refractivity contribution is 5.73. The molecule has 15 heavy (non-hydrogen) atoms. The van der Waals surface area contributed by atoms with Crippen LogP contribution in [0.25, 0.3) is 0 Å². The molecule has 0 unspecified atom stereocenters. The molecule has 0 spiro atoms. The van der Waals surface area contributed by atoms with Crippen molar-refractivity contribution in [2.45, 2.75) is 26.7 Å². The van der Waals surface area contributed by atoms with Gasteiger partial charge in [-0.15, -0.1) is 0 Å². The highest BCUT2D eigenvalue weighted by atomic mass is 16.6. The van der Waals surface area contributed by atoms with Crippen LogP contribution < -0.4 is 10.5 Å². The van der Waals surface area contributed by atoms with E-state index in [0.717, 1.165) is 0 Å². The maximum Gasteiger partial charge on any atom is 0.312 e. The number of carbonyl (C=O) groups is 1. The number of furan rings is 1. The van der Waals surface area contributed by atoms with Crippen LogP contribution in [-0.4, -0.2) is 17.6 Å². The predicted octanol–water partition coefficient (Wildman–Crippen LogP) is 1.11. The second-order valence-electron chi connectivity index (χ2n) is 3.13. The molecule has 1 aromatic rings. The number of aromatic hydroxyl groups is 1. The fourth-order valence-corrected chi connectivity index (χ4v) is 1.22. The van der Waals surface area contributed by atoms with Gasteiger partial charge in [0.15, 0.2) is 0 Å². The van der Waals surface area contributed by atoms with Crippen LogP contribution in [0.2, 0.25) is 0 Å². The molecule has 5 nitrogen and oxygen atoms in total. The first-order chi connectivity index (χ1) is 7.10. The van der Waals surface area contributed by atoms with Crippen LogP contribution in [0.15, 0.2) is 4.42 Å². The first kappa shape index (κ1) is 11.6. The van der Waals surface area contributed by atoms with E-state index >= 15 is 0 Å². The molecular weight excluding hydrogens is 198 g/mol. The maximum atomic E-state index is 11.2. The lowest BCUT2D eigenvalue weighted by atomic mass is 10.3. The second-order valence-corrected chi connectivity index (χ2v) is 3.13. The lowest BCUT2D eigenvalue weighted by molar-refractivity contribution is -0.134. The molecule has 1 heterocycles. The van der Waals surface area contributed by atoms with E-state index in [0.29, 0.717) is 17.9 Å². The Bertz CT molecular complexity index is 357. The normalized spacial score (nSPS) is 10.3. The number of hydrogen-bond acceptors (Lipinski definition) is 5. The van der Waals surface area contributed by atoms with Crippen molar-refractivity contribution in [3.8, 4) is 11.5 Å². The second kappa shape index (κ2) is 4.84. The minimum atomic E-state index is -0.473. The molecule has 0 atom stereocenters. The van der Waals surface area contributed by atoms with Gasteiger partial charge >= 0.3 is 5.97 Å². The number of aryl methyl sites for hydroxylation is 2. The molecule has 0 saturated heterocycles. The Morgan fingerprint density at radius 1 is 1.60 bits per heavy atom. The van der Waals surface area contributed by atoms with Crippen molar-refractivity contribution >= 4 is 5.97 Å². The van der Waals surface area contributed by atoms with E-state index < -0.39 is 5.97 Å². The summed E-state index contributed by atoms with van der Waals surface area (Å²) in [5.74, 6) is 0.350. The summed E-state index contributed by atoms with van der Waals surface area (Å²) in [4.78, 5) is 11.2. The van der Waals surface area contributed by atoms with Crippen molar-refractivity contribution in [3.05, 3.63) is 11.5 Å². The van der Waals surface area contributed by atoms with E-state index in [4.69, 9.17) is 14.9 Å². The Morgan fingerprint density at radius 3 is 2.73 bits per heavy atom. The van der Waals surface area contributed by atoms with Crippen molar-refractivity contribution in [3.63, 3.8) is 0 Å². The van der Waals surface area contributed by atoms with Gasteiger partial charge in [-0.2, -0.15) is 0 Å². The van der Waals surface area contributed by atoms with Crippen LogP contribution in [-0.2, 0) is 11.2 Å². The third kappa shape index (κ3) is 2.50. The zero-order valence-corrected chi connectivity index (χ0v) is 8.87. The van der Waals surface area contributed by atoms with E-state index in [1.165, 1.54) is 0 Å². The summed E-state index contributed by atoms with van der Waals surface area (Å²) in [7, 11) is 0. The van der Waals surface area contributed by atoms with Crippen molar-refractivity contribution in [2.75, 3.05) is 6.54 Å². The van der Waals surface area contributed by atoms with Gasteiger partial charge in [-0.25, -0.2) is 0 Å². The first-order valence-electron chi connectivity index (χ1n) is 4.82. The van der Waals surface area contributed by atoms with Gasteiger partial charge in [-0.05, 0) is 6.92 Å². The third-order valence-electron chi connectivity index (χ3n) is 1.96. The van der Waals surface area contributed by atoms with Gasteiger partial charge in [0.2, 0.25) is 11.5 Å². The number of ether oxygens (including phenoxy) is 1. The van der Waals surface area contributed by atoms with Crippen LogP contribution in [0, 0.1) is 6.92 Å². The van der Waals surface area contributed by atoms with Gasteiger partial charge in [-0.3, -0.25) is 4.79 Å². The number of carbonyl (C=O) groups excluding carboxylic acids is 1. The molecule has 0 aliphatic carbocycles. The zero-order valence-electron chi connectivity index (χ0n) is 8.87. The van der Waals surface area contributed by atoms with Crippen molar-refractivity contribution in [1.82, 2.24) is 0 Å². The van der Waals surface area contributed by atoms with E-state index in [9.17, 15) is 9.90 Å². The van der Waals surface area contributed by atoms with E-state index in [2.05, 4.69) is 0 Å². The number of rotatable bonds is 4. The van der Waals surface area contributed by atoms with Gasteiger partial charge in [0, 0.05) is 13.0 Å². The van der Waals surface area contributed by atoms with Crippen LogP contribution in [0.5, 0.6) is 11.5 Å². The van der Waals surface area contributed by atoms with Gasteiger partial charge in [0.1, 0.15) is 11.5 Å². The Balaban J connectivity index is 2.85. The monoisotopic (exact) mass is 213 g/mol. The molecule has 1 aromatic heterocycles. The molecule has 0 fully saturated rings. The van der Waals surface area contributed by atoms with Gasteiger partial charge < -0.3 is 20.0 Å². The molecule has 84 valence electrons. The molecule has 0 bridgehead atoms. The van der Waals surface area contributed by atoms with Crippen LogP contribution in [0.4, 0.5) is 0 Å². The van der Waals surface area contributed by atoms with E-state index in [1.807, 2.05) is 6.92 Å². The summed E-state index contributed by atoms with van der Waals surface area (Å²) < 4.78 is 10.2. The first-order valence-corrected chi connectivity index (χ1v) is 4.82. The van der Waals surface area contributed by atoms with Gasteiger partial charge in [0.25, 0.3) is 0 Å². The maximum absolute atomic E-state index is 11.2. The highest BCUT2D eigenvalue weighted by Crippen LogP contribution is 2.36. The van der Waals surface area contributed by atoms with Crippen molar-refractivity contribution in [2.24, 2.45) is 5.73 Å².